The normalized spacial score (nSPS) is 13.1. The van der Waals surface area contributed by atoms with Gasteiger partial charge in [-0.05, 0) is 26.0 Å². The SMILES string of the molecule is COC(=O)C[C@H](C)S(=O)(=O)c1ccc(C)cc1. The first-order valence-electron chi connectivity index (χ1n) is 5.25. The summed E-state index contributed by atoms with van der Waals surface area (Å²) in [5, 5.41) is -0.780. The molecule has 0 aliphatic carbocycles. The molecular weight excluding hydrogens is 240 g/mol. The molecule has 0 bridgehead atoms. The van der Waals surface area contributed by atoms with Crippen LogP contribution in [0.15, 0.2) is 29.2 Å². The minimum Gasteiger partial charge on any atom is -0.469 e. The maximum Gasteiger partial charge on any atom is 0.306 e. The minimum absolute atomic E-state index is 0.132. The summed E-state index contributed by atoms with van der Waals surface area (Å²) < 4.78 is 28.6. The van der Waals surface area contributed by atoms with Crippen LogP contribution in [0.4, 0.5) is 0 Å². The highest BCUT2D eigenvalue weighted by Crippen LogP contribution is 2.18. The van der Waals surface area contributed by atoms with Gasteiger partial charge in [-0.25, -0.2) is 8.42 Å². The van der Waals surface area contributed by atoms with Crippen molar-refractivity contribution in [1.29, 1.82) is 0 Å². The highest BCUT2D eigenvalue weighted by Gasteiger charge is 2.25. The molecule has 94 valence electrons. The van der Waals surface area contributed by atoms with Gasteiger partial charge in [-0.15, -0.1) is 0 Å². The average Bonchev–Trinajstić information content (AvgIpc) is 2.29. The zero-order chi connectivity index (χ0) is 13.1. The van der Waals surface area contributed by atoms with E-state index in [9.17, 15) is 13.2 Å². The van der Waals surface area contributed by atoms with E-state index in [0.717, 1.165) is 5.56 Å². The second kappa shape index (κ2) is 5.31. The van der Waals surface area contributed by atoms with E-state index in [2.05, 4.69) is 4.74 Å². The summed E-state index contributed by atoms with van der Waals surface area (Å²) in [6, 6.07) is 6.58. The van der Waals surface area contributed by atoms with Gasteiger partial charge in [0.25, 0.3) is 0 Å². The summed E-state index contributed by atoms with van der Waals surface area (Å²) in [5.41, 5.74) is 0.990. The molecule has 0 unspecified atom stereocenters. The Balaban J connectivity index is 2.95. The van der Waals surface area contributed by atoms with Crippen LogP contribution in [0.1, 0.15) is 18.9 Å². The molecule has 4 nitrogen and oxygen atoms in total. The Morgan fingerprint density at radius 1 is 1.29 bits per heavy atom. The summed E-state index contributed by atoms with van der Waals surface area (Å²) >= 11 is 0. The van der Waals surface area contributed by atoms with Crippen LogP contribution in [0.3, 0.4) is 0 Å². The Morgan fingerprint density at radius 3 is 2.29 bits per heavy atom. The highest BCUT2D eigenvalue weighted by molar-refractivity contribution is 7.92. The number of hydrogen-bond donors (Lipinski definition) is 0. The van der Waals surface area contributed by atoms with Gasteiger partial charge in [0, 0.05) is 0 Å². The van der Waals surface area contributed by atoms with Crippen LogP contribution < -0.4 is 0 Å². The van der Waals surface area contributed by atoms with Crippen LogP contribution in [0, 0.1) is 6.92 Å². The van der Waals surface area contributed by atoms with E-state index in [1.165, 1.54) is 14.0 Å². The van der Waals surface area contributed by atoms with Crippen LogP contribution in [0.2, 0.25) is 0 Å². The van der Waals surface area contributed by atoms with Crippen molar-refractivity contribution >= 4 is 15.8 Å². The van der Waals surface area contributed by atoms with Gasteiger partial charge in [0.2, 0.25) is 0 Å². The molecule has 1 rings (SSSR count). The molecular formula is C12H16O4S. The predicted octanol–water partition coefficient (Wildman–Crippen LogP) is 1.72. The third kappa shape index (κ3) is 3.30. The van der Waals surface area contributed by atoms with Gasteiger partial charge in [0.15, 0.2) is 9.84 Å². The van der Waals surface area contributed by atoms with E-state index in [1.54, 1.807) is 24.3 Å². The average molecular weight is 256 g/mol. The van der Waals surface area contributed by atoms with Crippen LogP contribution in [-0.4, -0.2) is 26.7 Å². The van der Waals surface area contributed by atoms with E-state index in [1.807, 2.05) is 6.92 Å². The number of aryl methyl sites for hydroxylation is 1. The molecule has 1 aromatic carbocycles. The molecule has 0 aliphatic heterocycles. The number of esters is 1. The number of methoxy groups -OCH3 is 1. The maximum atomic E-state index is 12.1. The molecule has 0 saturated carbocycles. The number of carbonyl (C=O) groups excluding carboxylic acids is 1. The topological polar surface area (TPSA) is 60.4 Å². The first kappa shape index (κ1) is 13.7. The zero-order valence-corrected chi connectivity index (χ0v) is 11.0. The molecule has 0 aromatic heterocycles. The highest BCUT2D eigenvalue weighted by atomic mass is 32.2. The summed E-state index contributed by atoms with van der Waals surface area (Å²) in [6.45, 7) is 3.39. The molecule has 0 spiro atoms. The standard InChI is InChI=1S/C12H16O4S/c1-9-4-6-11(7-5-9)17(14,15)10(2)8-12(13)16-3/h4-7,10H,8H2,1-3H3/t10-/m0/s1. The number of rotatable bonds is 4. The van der Waals surface area contributed by atoms with E-state index < -0.39 is 21.1 Å². The lowest BCUT2D eigenvalue weighted by Gasteiger charge is -2.11. The monoisotopic (exact) mass is 256 g/mol. The maximum absolute atomic E-state index is 12.1. The predicted molar refractivity (Wildman–Crippen MR) is 64.5 cm³/mol. The fourth-order valence-electron chi connectivity index (χ4n) is 1.39. The van der Waals surface area contributed by atoms with Crippen molar-refractivity contribution in [2.24, 2.45) is 0 Å². The molecule has 0 radical (unpaired) electrons. The summed E-state index contributed by atoms with van der Waals surface area (Å²) in [5.74, 6) is -0.520. The van der Waals surface area contributed by atoms with Crippen molar-refractivity contribution in [3.8, 4) is 0 Å². The Labute approximate surface area is 102 Å². The third-order valence-corrected chi connectivity index (χ3v) is 4.72. The van der Waals surface area contributed by atoms with Gasteiger partial charge in [-0.3, -0.25) is 4.79 Å². The quantitative estimate of drug-likeness (QED) is 0.770. The summed E-state index contributed by atoms with van der Waals surface area (Å²) in [7, 11) is -2.22. The molecule has 0 saturated heterocycles. The van der Waals surface area contributed by atoms with Crippen LogP contribution in [-0.2, 0) is 19.4 Å². The van der Waals surface area contributed by atoms with Gasteiger partial charge < -0.3 is 4.74 Å². The van der Waals surface area contributed by atoms with Crippen molar-refractivity contribution in [3.63, 3.8) is 0 Å². The van der Waals surface area contributed by atoms with Gasteiger partial charge in [0.1, 0.15) is 0 Å². The largest absolute Gasteiger partial charge is 0.469 e. The first-order valence-corrected chi connectivity index (χ1v) is 6.80. The van der Waals surface area contributed by atoms with Gasteiger partial charge in [0.05, 0.1) is 23.7 Å². The molecule has 17 heavy (non-hydrogen) atoms. The summed E-state index contributed by atoms with van der Waals surface area (Å²) in [4.78, 5) is 11.3. The minimum atomic E-state index is -3.46. The molecule has 1 aromatic rings. The molecule has 0 heterocycles. The Hall–Kier alpha value is -1.36. The fourth-order valence-corrected chi connectivity index (χ4v) is 2.72. The number of benzene rings is 1. The van der Waals surface area contributed by atoms with Crippen molar-refractivity contribution in [2.45, 2.75) is 30.4 Å². The third-order valence-electron chi connectivity index (χ3n) is 2.56. The number of carbonyl (C=O) groups is 1. The lowest BCUT2D eigenvalue weighted by atomic mass is 10.2. The van der Waals surface area contributed by atoms with E-state index in [-0.39, 0.29) is 11.3 Å². The van der Waals surface area contributed by atoms with Crippen LogP contribution in [0.5, 0.6) is 0 Å². The van der Waals surface area contributed by atoms with Crippen molar-refractivity contribution in [1.82, 2.24) is 0 Å². The summed E-state index contributed by atoms with van der Waals surface area (Å²) in [6.07, 6.45) is -0.132. The van der Waals surface area contributed by atoms with E-state index in [0.29, 0.717) is 0 Å². The van der Waals surface area contributed by atoms with E-state index in [4.69, 9.17) is 0 Å². The van der Waals surface area contributed by atoms with Gasteiger partial charge in [-0.1, -0.05) is 17.7 Å². The first-order chi connectivity index (χ1) is 7.87. The van der Waals surface area contributed by atoms with Crippen LogP contribution >= 0.6 is 0 Å². The smallest absolute Gasteiger partial charge is 0.306 e. The number of ether oxygens (including phenoxy) is 1. The Kier molecular flexibility index (Phi) is 4.28. The zero-order valence-electron chi connectivity index (χ0n) is 10.1. The van der Waals surface area contributed by atoms with Gasteiger partial charge in [-0.2, -0.15) is 0 Å². The Morgan fingerprint density at radius 2 is 1.82 bits per heavy atom. The van der Waals surface area contributed by atoms with Crippen LogP contribution in [0.25, 0.3) is 0 Å². The second-order valence-corrected chi connectivity index (χ2v) is 6.32. The molecule has 5 heteroatoms. The molecule has 0 aliphatic rings. The lowest BCUT2D eigenvalue weighted by Crippen LogP contribution is -2.22. The number of sulfone groups is 1. The van der Waals surface area contributed by atoms with E-state index >= 15 is 0 Å². The molecule has 0 fully saturated rings. The molecule has 0 amide bonds. The number of hydrogen-bond acceptors (Lipinski definition) is 4. The molecule has 1 atom stereocenters. The lowest BCUT2D eigenvalue weighted by molar-refractivity contribution is -0.140. The van der Waals surface area contributed by atoms with Gasteiger partial charge >= 0.3 is 5.97 Å². The van der Waals surface area contributed by atoms with Crippen molar-refractivity contribution < 1.29 is 17.9 Å². The fraction of sp³-hybridized carbons (Fsp3) is 0.417. The van der Waals surface area contributed by atoms with Crippen molar-refractivity contribution in [2.75, 3.05) is 7.11 Å². The Bertz CT molecular complexity index is 488. The molecule has 0 N–H and O–H groups in total. The second-order valence-electron chi connectivity index (χ2n) is 3.95. The van der Waals surface area contributed by atoms with Crippen molar-refractivity contribution in [3.05, 3.63) is 29.8 Å².